The predicted octanol–water partition coefficient (Wildman–Crippen LogP) is 2.33. The highest BCUT2D eigenvalue weighted by Gasteiger charge is 2.25. The lowest BCUT2D eigenvalue weighted by Gasteiger charge is -2.30. The number of nitrogens with one attached hydrogen (secondary N) is 2. The number of benzene rings is 1. The van der Waals surface area contributed by atoms with Crippen LogP contribution >= 0.6 is 0 Å². The monoisotopic (exact) mass is 430 g/mol. The number of methoxy groups -OCH3 is 1. The Kier molecular flexibility index (Phi) is 7.29. The highest BCUT2D eigenvalue weighted by molar-refractivity contribution is 6.03. The molecule has 1 aliphatic heterocycles. The summed E-state index contributed by atoms with van der Waals surface area (Å²) in [5.41, 5.74) is 1.10. The van der Waals surface area contributed by atoms with Crippen LogP contribution in [0.1, 0.15) is 40.5 Å². The lowest BCUT2D eigenvalue weighted by atomic mass is 10.0. The van der Waals surface area contributed by atoms with E-state index in [0.29, 0.717) is 35.9 Å². The van der Waals surface area contributed by atoms with Crippen molar-refractivity contribution >= 4 is 17.5 Å². The molecule has 31 heavy (non-hydrogen) atoms. The highest BCUT2D eigenvalue weighted by atomic mass is 16.5. The van der Waals surface area contributed by atoms with Crippen LogP contribution in [0.3, 0.4) is 0 Å². The minimum atomic E-state index is -0.402. The molecule has 2 aromatic rings. The molecule has 0 spiro atoms. The van der Waals surface area contributed by atoms with Gasteiger partial charge in [-0.2, -0.15) is 0 Å². The third kappa shape index (κ3) is 5.62. The number of aryl methyl sites for hydroxylation is 1. The highest BCUT2D eigenvalue weighted by Crippen LogP contribution is 2.26. The Labute approximate surface area is 182 Å². The van der Waals surface area contributed by atoms with Crippen LogP contribution in [0.15, 0.2) is 28.8 Å². The number of carbonyl (C=O) groups excluding carboxylic acids is 2. The number of carbonyl (C=O) groups is 2. The number of fused-ring (bicyclic) bond motifs is 1. The van der Waals surface area contributed by atoms with E-state index in [1.165, 1.54) is 0 Å². The van der Waals surface area contributed by atoms with Crippen LogP contribution in [0, 0.1) is 12.8 Å². The van der Waals surface area contributed by atoms with Gasteiger partial charge in [0, 0.05) is 51.1 Å². The van der Waals surface area contributed by atoms with E-state index >= 15 is 0 Å². The SMILES string of the molecule is CO[C@@H]1CN(C)C(=O)c2ccc(NC(=O)c3cc(C)on3)cc2OC[C@H](C)NC[C@@H]1C. The molecule has 0 saturated heterocycles. The van der Waals surface area contributed by atoms with Crippen molar-refractivity contribution in [3.05, 3.63) is 41.3 Å². The van der Waals surface area contributed by atoms with Gasteiger partial charge in [0.1, 0.15) is 18.1 Å². The van der Waals surface area contributed by atoms with E-state index in [9.17, 15) is 9.59 Å². The van der Waals surface area contributed by atoms with Gasteiger partial charge in [0.15, 0.2) is 5.69 Å². The Balaban J connectivity index is 1.86. The van der Waals surface area contributed by atoms with Gasteiger partial charge < -0.3 is 29.5 Å². The van der Waals surface area contributed by atoms with Crippen LogP contribution in [0.25, 0.3) is 0 Å². The summed E-state index contributed by atoms with van der Waals surface area (Å²) in [5.74, 6) is 0.599. The number of ether oxygens (including phenoxy) is 2. The lowest BCUT2D eigenvalue weighted by molar-refractivity contribution is 0.0281. The summed E-state index contributed by atoms with van der Waals surface area (Å²) < 4.78 is 16.6. The van der Waals surface area contributed by atoms with E-state index in [1.54, 1.807) is 50.2 Å². The molecule has 0 fully saturated rings. The smallest absolute Gasteiger partial charge is 0.277 e. The van der Waals surface area contributed by atoms with Crippen molar-refractivity contribution < 1.29 is 23.6 Å². The molecule has 1 aromatic heterocycles. The van der Waals surface area contributed by atoms with E-state index in [-0.39, 0.29) is 29.7 Å². The first-order chi connectivity index (χ1) is 14.8. The van der Waals surface area contributed by atoms with Crippen LogP contribution in [-0.4, -0.2) is 67.9 Å². The third-order valence-electron chi connectivity index (χ3n) is 5.35. The fraction of sp³-hybridized carbons (Fsp3) is 0.500. The Bertz CT molecular complexity index is 928. The van der Waals surface area contributed by atoms with Gasteiger partial charge in [0.25, 0.3) is 11.8 Å². The molecule has 9 nitrogen and oxygen atoms in total. The Morgan fingerprint density at radius 1 is 1.32 bits per heavy atom. The molecule has 9 heteroatoms. The van der Waals surface area contributed by atoms with Crippen molar-refractivity contribution in [2.24, 2.45) is 5.92 Å². The lowest BCUT2D eigenvalue weighted by Crippen LogP contribution is -2.44. The Hall–Kier alpha value is -2.91. The van der Waals surface area contributed by atoms with Gasteiger partial charge in [0.05, 0.1) is 11.7 Å². The average Bonchev–Trinajstić information content (AvgIpc) is 3.19. The van der Waals surface area contributed by atoms with E-state index in [1.807, 2.05) is 6.92 Å². The van der Waals surface area contributed by atoms with Gasteiger partial charge in [-0.1, -0.05) is 12.1 Å². The number of amides is 2. The second kappa shape index (κ2) is 9.93. The average molecular weight is 431 g/mol. The fourth-order valence-corrected chi connectivity index (χ4v) is 3.40. The number of hydrogen-bond acceptors (Lipinski definition) is 7. The van der Waals surface area contributed by atoms with Gasteiger partial charge in [-0.25, -0.2) is 0 Å². The summed E-state index contributed by atoms with van der Waals surface area (Å²) in [5, 5.41) is 9.93. The third-order valence-corrected chi connectivity index (χ3v) is 5.35. The number of aromatic nitrogens is 1. The van der Waals surface area contributed by atoms with Crippen LogP contribution in [0.4, 0.5) is 5.69 Å². The molecular formula is C22H30N4O5. The fourth-order valence-electron chi connectivity index (χ4n) is 3.40. The number of rotatable bonds is 3. The van der Waals surface area contributed by atoms with Gasteiger partial charge in [-0.05, 0) is 31.9 Å². The molecule has 0 saturated carbocycles. The normalized spacial score (nSPS) is 22.7. The molecule has 0 radical (unpaired) electrons. The standard InChI is InChI=1S/C22H30N4O5/c1-13-10-23-14(2)12-30-19-9-16(24-21(27)18-8-15(3)31-25-18)6-7-17(19)22(28)26(4)11-20(13)29-5/h6-9,13-14,20,23H,10-12H2,1-5H3,(H,24,27)/t13-,14-,20+/m0/s1. The van der Waals surface area contributed by atoms with Crippen molar-refractivity contribution in [1.82, 2.24) is 15.4 Å². The Morgan fingerprint density at radius 3 is 2.77 bits per heavy atom. The van der Waals surface area contributed by atoms with E-state index in [4.69, 9.17) is 14.0 Å². The molecule has 1 aromatic carbocycles. The molecule has 0 unspecified atom stereocenters. The van der Waals surface area contributed by atoms with Gasteiger partial charge in [0.2, 0.25) is 0 Å². The summed E-state index contributed by atoms with van der Waals surface area (Å²) in [4.78, 5) is 27.2. The summed E-state index contributed by atoms with van der Waals surface area (Å²) in [7, 11) is 3.41. The number of hydrogen-bond donors (Lipinski definition) is 2. The molecule has 0 bridgehead atoms. The van der Waals surface area contributed by atoms with Crippen molar-refractivity contribution in [2.45, 2.75) is 32.9 Å². The second-order valence-electron chi connectivity index (χ2n) is 8.05. The summed E-state index contributed by atoms with van der Waals surface area (Å²) >= 11 is 0. The topological polar surface area (TPSA) is 106 Å². The second-order valence-corrected chi connectivity index (χ2v) is 8.05. The molecule has 168 valence electrons. The molecule has 2 N–H and O–H groups in total. The largest absolute Gasteiger partial charge is 0.491 e. The minimum absolute atomic E-state index is 0.0661. The maximum atomic E-state index is 13.1. The zero-order chi connectivity index (χ0) is 22.5. The van der Waals surface area contributed by atoms with Gasteiger partial charge >= 0.3 is 0 Å². The molecule has 3 atom stereocenters. The molecule has 1 aliphatic rings. The first kappa shape index (κ1) is 22.8. The van der Waals surface area contributed by atoms with E-state index in [2.05, 4.69) is 22.7 Å². The first-order valence-corrected chi connectivity index (χ1v) is 10.3. The van der Waals surface area contributed by atoms with Crippen LogP contribution < -0.4 is 15.4 Å². The number of nitrogens with zero attached hydrogens (tertiary/aromatic N) is 2. The quantitative estimate of drug-likeness (QED) is 0.770. The van der Waals surface area contributed by atoms with Gasteiger partial charge in [-0.15, -0.1) is 0 Å². The van der Waals surface area contributed by atoms with Crippen molar-refractivity contribution in [3.8, 4) is 5.75 Å². The molecule has 2 heterocycles. The van der Waals surface area contributed by atoms with Crippen molar-refractivity contribution in [1.29, 1.82) is 0 Å². The van der Waals surface area contributed by atoms with Crippen LogP contribution in [0.2, 0.25) is 0 Å². The number of likely N-dealkylation sites (N-methyl/N-ethyl adjacent to an activating group) is 1. The van der Waals surface area contributed by atoms with E-state index in [0.717, 1.165) is 6.54 Å². The first-order valence-electron chi connectivity index (χ1n) is 10.3. The zero-order valence-electron chi connectivity index (χ0n) is 18.6. The van der Waals surface area contributed by atoms with Gasteiger partial charge in [-0.3, -0.25) is 9.59 Å². The molecular weight excluding hydrogens is 400 g/mol. The summed E-state index contributed by atoms with van der Waals surface area (Å²) in [6.07, 6.45) is -0.0954. The van der Waals surface area contributed by atoms with Crippen LogP contribution in [0.5, 0.6) is 5.75 Å². The Morgan fingerprint density at radius 2 is 2.10 bits per heavy atom. The van der Waals surface area contributed by atoms with E-state index < -0.39 is 5.91 Å². The summed E-state index contributed by atoms with van der Waals surface area (Å²) in [6, 6.07) is 6.60. The van der Waals surface area contributed by atoms with Crippen molar-refractivity contribution in [2.75, 3.05) is 39.2 Å². The maximum absolute atomic E-state index is 13.1. The predicted molar refractivity (Wildman–Crippen MR) is 116 cm³/mol. The molecule has 2 amide bonds. The maximum Gasteiger partial charge on any atom is 0.277 e. The minimum Gasteiger partial charge on any atom is -0.491 e. The molecule has 0 aliphatic carbocycles. The van der Waals surface area contributed by atoms with Crippen molar-refractivity contribution in [3.63, 3.8) is 0 Å². The number of anilines is 1. The van der Waals surface area contributed by atoms with Crippen LogP contribution in [-0.2, 0) is 4.74 Å². The summed E-state index contributed by atoms with van der Waals surface area (Å²) in [6.45, 7) is 7.39. The molecule has 3 rings (SSSR count). The zero-order valence-corrected chi connectivity index (χ0v) is 18.6.